The molecule has 0 aliphatic carbocycles. The first-order chi connectivity index (χ1) is 11.4. The summed E-state index contributed by atoms with van der Waals surface area (Å²) in [5, 5.41) is 13.0. The van der Waals surface area contributed by atoms with E-state index in [1.54, 1.807) is 24.3 Å². The van der Waals surface area contributed by atoms with Crippen LogP contribution >= 0.6 is 15.9 Å². The standard InChI is InChI=1S/C15H11BrN2O6/c16-10-2-1-3-11(8-10)17-13(19)9-23-15(20)7-5-12-4-6-14(24-12)18(21)22/h1-8H,9H2,(H,17,19)/b7-5+. The Kier molecular flexibility index (Phi) is 5.85. The Labute approximate surface area is 144 Å². The highest BCUT2D eigenvalue weighted by atomic mass is 79.9. The van der Waals surface area contributed by atoms with Crippen molar-refractivity contribution in [3.8, 4) is 0 Å². The van der Waals surface area contributed by atoms with Crippen LogP contribution in [0.15, 0.2) is 51.4 Å². The van der Waals surface area contributed by atoms with E-state index < -0.39 is 29.3 Å². The molecule has 9 heteroatoms. The molecule has 0 radical (unpaired) electrons. The van der Waals surface area contributed by atoms with Gasteiger partial charge >= 0.3 is 11.9 Å². The molecule has 0 spiro atoms. The monoisotopic (exact) mass is 394 g/mol. The number of halogens is 1. The third-order valence-electron chi connectivity index (χ3n) is 2.63. The van der Waals surface area contributed by atoms with E-state index in [4.69, 9.17) is 9.15 Å². The second kappa shape index (κ2) is 8.06. The SMILES string of the molecule is O=C(COC(=O)/C=C/c1ccc([N+](=O)[O-])o1)Nc1cccc(Br)c1. The predicted octanol–water partition coefficient (Wildman–Crippen LogP) is 3.15. The number of furan rings is 1. The van der Waals surface area contributed by atoms with Crippen molar-refractivity contribution in [2.75, 3.05) is 11.9 Å². The molecule has 2 aromatic rings. The summed E-state index contributed by atoms with van der Waals surface area (Å²) in [6, 6.07) is 9.44. The van der Waals surface area contributed by atoms with E-state index in [2.05, 4.69) is 21.2 Å². The van der Waals surface area contributed by atoms with Crippen molar-refractivity contribution < 1.29 is 23.7 Å². The van der Waals surface area contributed by atoms with Gasteiger partial charge in [-0.3, -0.25) is 14.9 Å². The highest BCUT2D eigenvalue weighted by Crippen LogP contribution is 2.17. The Balaban J connectivity index is 1.80. The van der Waals surface area contributed by atoms with E-state index in [0.717, 1.165) is 16.6 Å². The number of esters is 1. The molecule has 0 saturated heterocycles. The van der Waals surface area contributed by atoms with Crippen molar-refractivity contribution in [2.24, 2.45) is 0 Å². The number of carbonyl (C=O) groups is 2. The second-order valence-corrected chi connectivity index (χ2v) is 5.35. The first-order valence-corrected chi connectivity index (χ1v) is 7.38. The molecule has 0 fully saturated rings. The van der Waals surface area contributed by atoms with Crippen molar-refractivity contribution in [2.45, 2.75) is 0 Å². The molecule has 0 bridgehead atoms. The maximum Gasteiger partial charge on any atom is 0.433 e. The highest BCUT2D eigenvalue weighted by Gasteiger charge is 2.10. The summed E-state index contributed by atoms with van der Waals surface area (Å²) in [4.78, 5) is 32.9. The number of ether oxygens (including phenoxy) is 1. The fourth-order valence-electron chi connectivity index (χ4n) is 1.63. The Hall–Kier alpha value is -2.94. The summed E-state index contributed by atoms with van der Waals surface area (Å²) in [7, 11) is 0. The van der Waals surface area contributed by atoms with Crippen molar-refractivity contribution in [1.82, 2.24) is 0 Å². The maximum absolute atomic E-state index is 11.7. The lowest BCUT2D eigenvalue weighted by Crippen LogP contribution is -2.20. The van der Waals surface area contributed by atoms with Crippen LogP contribution < -0.4 is 5.32 Å². The van der Waals surface area contributed by atoms with Crippen molar-refractivity contribution in [3.05, 3.63) is 62.8 Å². The quantitative estimate of drug-likeness (QED) is 0.348. The first kappa shape index (κ1) is 17.4. The predicted molar refractivity (Wildman–Crippen MR) is 88.1 cm³/mol. The number of anilines is 1. The summed E-state index contributed by atoms with van der Waals surface area (Å²) in [5.41, 5.74) is 0.559. The molecule has 1 aromatic heterocycles. The van der Waals surface area contributed by atoms with Gasteiger partial charge in [-0.15, -0.1) is 0 Å². The summed E-state index contributed by atoms with van der Waals surface area (Å²) in [6.07, 6.45) is 2.22. The van der Waals surface area contributed by atoms with Gasteiger partial charge in [0.1, 0.15) is 10.7 Å². The third kappa shape index (κ3) is 5.36. The topological polar surface area (TPSA) is 112 Å². The number of rotatable bonds is 6. The molecule has 1 N–H and O–H groups in total. The van der Waals surface area contributed by atoms with Crippen LogP contribution in [0, 0.1) is 10.1 Å². The van der Waals surface area contributed by atoms with Crippen LogP contribution in [0.4, 0.5) is 11.6 Å². The van der Waals surface area contributed by atoms with Gasteiger partial charge in [-0.1, -0.05) is 22.0 Å². The molecule has 0 atom stereocenters. The van der Waals surface area contributed by atoms with Gasteiger partial charge in [0.15, 0.2) is 6.61 Å². The average Bonchev–Trinajstić information content (AvgIpc) is 3.00. The normalized spacial score (nSPS) is 10.5. The molecular formula is C15H11BrN2O6. The molecule has 0 unspecified atom stereocenters. The van der Waals surface area contributed by atoms with E-state index in [1.807, 2.05) is 0 Å². The van der Waals surface area contributed by atoms with Crippen LogP contribution in [0.2, 0.25) is 0 Å². The Morgan fingerprint density at radius 2 is 2.12 bits per heavy atom. The zero-order chi connectivity index (χ0) is 17.5. The molecule has 2 rings (SSSR count). The van der Waals surface area contributed by atoms with E-state index in [1.165, 1.54) is 12.1 Å². The fourth-order valence-corrected chi connectivity index (χ4v) is 2.03. The Morgan fingerprint density at radius 1 is 1.33 bits per heavy atom. The lowest BCUT2D eigenvalue weighted by molar-refractivity contribution is -0.402. The van der Waals surface area contributed by atoms with Crippen LogP contribution in [-0.4, -0.2) is 23.4 Å². The average molecular weight is 395 g/mol. The number of nitro groups is 1. The van der Waals surface area contributed by atoms with E-state index in [0.29, 0.717) is 5.69 Å². The first-order valence-electron chi connectivity index (χ1n) is 6.58. The lowest BCUT2D eigenvalue weighted by atomic mass is 10.3. The molecule has 0 aliphatic rings. The zero-order valence-electron chi connectivity index (χ0n) is 12.1. The molecule has 124 valence electrons. The van der Waals surface area contributed by atoms with E-state index in [9.17, 15) is 19.7 Å². The van der Waals surface area contributed by atoms with Gasteiger partial charge < -0.3 is 14.5 Å². The van der Waals surface area contributed by atoms with Crippen LogP contribution in [0.25, 0.3) is 6.08 Å². The number of amides is 1. The number of benzene rings is 1. The smallest absolute Gasteiger partial charge is 0.433 e. The van der Waals surface area contributed by atoms with Gasteiger partial charge in [0, 0.05) is 16.2 Å². The van der Waals surface area contributed by atoms with Crippen molar-refractivity contribution in [3.63, 3.8) is 0 Å². The molecule has 1 heterocycles. The van der Waals surface area contributed by atoms with Gasteiger partial charge in [0.05, 0.1) is 6.07 Å². The zero-order valence-corrected chi connectivity index (χ0v) is 13.7. The van der Waals surface area contributed by atoms with E-state index >= 15 is 0 Å². The minimum atomic E-state index is -0.779. The molecular weight excluding hydrogens is 384 g/mol. The fraction of sp³-hybridized carbons (Fsp3) is 0.0667. The number of hydrogen-bond acceptors (Lipinski definition) is 6. The van der Waals surface area contributed by atoms with Crippen LogP contribution in [0.5, 0.6) is 0 Å². The van der Waals surface area contributed by atoms with Crippen LogP contribution in [-0.2, 0) is 14.3 Å². The van der Waals surface area contributed by atoms with Gasteiger partial charge in [0.2, 0.25) is 0 Å². The largest absolute Gasteiger partial charge is 0.452 e. The summed E-state index contributed by atoms with van der Waals surface area (Å²) in [5.74, 6) is -1.59. The number of hydrogen-bond donors (Lipinski definition) is 1. The van der Waals surface area contributed by atoms with Gasteiger partial charge in [-0.25, -0.2) is 4.79 Å². The molecule has 24 heavy (non-hydrogen) atoms. The minimum Gasteiger partial charge on any atom is -0.452 e. The van der Waals surface area contributed by atoms with Crippen molar-refractivity contribution in [1.29, 1.82) is 0 Å². The molecule has 8 nitrogen and oxygen atoms in total. The van der Waals surface area contributed by atoms with E-state index in [-0.39, 0.29) is 5.76 Å². The number of nitrogens with zero attached hydrogens (tertiary/aromatic N) is 1. The van der Waals surface area contributed by atoms with Crippen molar-refractivity contribution >= 4 is 45.5 Å². The maximum atomic E-state index is 11.7. The molecule has 0 saturated carbocycles. The second-order valence-electron chi connectivity index (χ2n) is 4.43. The summed E-state index contributed by atoms with van der Waals surface area (Å²) in [6.45, 7) is -0.464. The Bertz CT molecular complexity index is 799. The molecule has 1 aromatic carbocycles. The number of carbonyl (C=O) groups excluding carboxylic acids is 2. The lowest BCUT2D eigenvalue weighted by Gasteiger charge is -2.05. The van der Waals surface area contributed by atoms with Gasteiger partial charge in [-0.05, 0) is 30.3 Å². The third-order valence-corrected chi connectivity index (χ3v) is 3.12. The summed E-state index contributed by atoms with van der Waals surface area (Å²) >= 11 is 3.27. The van der Waals surface area contributed by atoms with Gasteiger partial charge in [0.25, 0.3) is 5.91 Å². The summed E-state index contributed by atoms with van der Waals surface area (Å²) < 4.78 is 10.4. The highest BCUT2D eigenvalue weighted by molar-refractivity contribution is 9.10. The van der Waals surface area contributed by atoms with Crippen LogP contribution in [0.1, 0.15) is 5.76 Å². The molecule has 1 amide bonds. The van der Waals surface area contributed by atoms with Crippen LogP contribution in [0.3, 0.4) is 0 Å². The Morgan fingerprint density at radius 3 is 2.79 bits per heavy atom. The molecule has 0 aliphatic heterocycles. The van der Waals surface area contributed by atoms with Gasteiger partial charge in [-0.2, -0.15) is 0 Å². The number of nitrogens with one attached hydrogen (secondary N) is 1. The minimum absolute atomic E-state index is 0.122.